The second-order valence-electron chi connectivity index (χ2n) is 6.45. The number of carbonyl (C=O) groups is 1. The lowest BCUT2D eigenvalue weighted by Crippen LogP contribution is -2.26. The number of hydrogen-bond donors (Lipinski definition) is 1. The van der Waals surface area contributed by atoms with E-state index in [0.29, 0.717) is 0 Å². The van der Waals surface area contributed by atoms with Gasteiger partial charge in [0.05, 0.1) is 5.69 Å². The van der Waals surface area contributed by atoms with E-state index in [-0.39, 0.29) is 5.69 Å². The van der Waals surface area contributed by atoms with Gasteiger partial charge in [0.2, 0.25) is 0 Å². The van der Waals surface area contributed by atoms with Crippen molar-refractivity contribution in [2.45, 2.75) is 12.8 Å². The van der Waals surface area contributed by atoms with Crippen LogP contribution in [0, 0.1) is 0 Å². The van der Waals surface area contributed by atoms with E-state index in [1.54, 1.807) is 12.3 Å². The number of rotatable bonds is 3. The summed E-state index contributed by atoms with van der Waals surface area (Å²) in [4.78, 5) is 17.3. The average molecular weight is 348 g/mol. The van der Waals surface area contributed by atoms with Gasteiger partial charge in [-0.1, -0.05) is 30.3 Å². The van der Waals surface area contributed by atoms with Crippen LogP contribution < -0.4 is 4.90 Å². The van der Waals surface area contributed by atoms with Crippen molar-refractivity contribution < 1.29 is 9.90 Å². The monoisotopic (exact) mass is 348 g/mol. The predicted octanol–water partition coefficient (Wildman–Crippen LogP) is 2.79. The summed E-state index contributed by atoms with van der Waals surface area (Å²) in [7, 11) is 2.00. The summed E-state index contributed by atoms with van der Waals surface area (Å²) in [6.45, 7) is 1.64. The maximum atomic E-state index is 11.2. The Kier molecular flexibility index (Phi) is 4.16. The molecule has 0 atom stereocenters. The highest BCUT2D eigenvalue weighted by atomic mass is 16.4. The van der Waals surface area contributed by atoms with Crippen LogP contribution in [0.25, 0.3) is 11.3 Å². The molecule has 0 radical (unpaired) electrons. The molecule has 6 heteroatoms. The van der Waals surface area contributed by atoms with Crippen molar-refractivity contribution in [3.8, 4) is 11.3 Å². The maximum absolute atomic E-state index is 11.2. The predicted molar refractivity (Wildman–Crippen MR) is 99.5 cm³/mol. The summed E-state index contributed by atoms with van der Waals surface area (Å²) >= 11 is 0. The SMILES string of the molecule is Cn1nc(-c2ccccc2)c2c1CCN(c1ccnc(C(=O)O)c1)CC2. The Bertz CT molecular complexity index is 950. The first kappa shape index (κ1) is 16.3. The minimum absolute atomic E-state index is 0.0795. The number of anilines is 1. The number of carboxylic acid groups (broad SMARTS) is 1. The summed E-state index contributed by atoms with van der Waals surface area (Å²) in [5.74, 6) is -1.000. The fraction of sp³-hybridized carbons (Fsp3) is 0.250. The number of nitrogens with zero attached hydrogens (tertiary/aromatic N) is 4. The van der Waals surface area contributed by atoms with Gasteiger partial charge in [-0.05, 0) is 18.6 Å². The summed E-state index contributed by atoms with van der Waals surface area (Å²) in [5.41, 5.74) is 5.70. The molecule has 0 amide bonds. The van der Waals surface area contributed by atoms with Crippen LogP contribution in [0.5, 0.6) is 0 Å². The van der Waals surface area contributed by atoms with Crippen molar-refractivity contribution in [1.29, 1.82) is 0 Å². The molecule has 0 fully saturated rings. The molecule has 26 heavy (non-hydrogen) atoms. The van der Waals surface area contributed by atoms with Gasteiger partial charge in [0.15, 0.2) is 0 Å². The molecule has 2 aromatic heterocycles. The first-order valence-corrected chi connectivity index (χ1v) is 8.68. The van der Waals surface area contributed by atoms with E-state index in [4.69, 9.17) is 5.10 Å². The highest BCUT2D eigenvalue weighted by Crippen LogP contribution is 2.29. The second-order valence-corrected chi connectivity index (χ2v) is 6.45. The molecular formula is C20H20N4O2. The van der Waals surface area contributed by atoms with E-state index in [1.165, 1.54) is 11.3 Å². The van der Waals surface area contributed by atoms with Gasteiger partial charge >= 0.3 is 5.97 Å². The van der Waals surface area contributed by atoms with Crippen molar-refractivity contribution in [2.24, 2.45) is 7.05 Å². The lowest BCUT2D eigenvalue weighted by molar-refractivity contribution is 0.0690. The summed E-state index contributed by atoms with van der Waals surface area (Å²) in [6, 6.07) is 13.8. The summed E-state index contributed by atoms with van der Waals surface area (Å²) in [5, 5.41) is 13.9. The number of benzene rings is 1. The van der Waals surface area contributed by atoms with E-state index in [2.05, 4.69) is 22.0 Å². The van der Waals surface area contributed by atoms with Gasteiger partial charge in [0.25, 0.3) is 0 Å². The van der Waals surface area contributed by atoms with E-state index in [0.717, 1.165) is 42.9 Å². The van der Waals surface area contributed by atoms with Gasteiger partial charge in [0, 0.05) is 55.3 Å². The van der Waals surface area contributed by atoms with Crippen molar-refractivity contribution in [3.63, 3.8) is 0 Å². The normalized spacial score (nSPS) is 14.0. The van der Waals surface area contributed by atoms with Gasteiger partial charge in [-0.15, -0.1) is 0 Å². The van der Waals surface area contributed by atoms with Gasteiger partial charge in [0.1, 0.15) is 5.69 Å². The summed E-state index contributed by atoms with van der Waals surface area (Å²) < 4.78 is 1.98. The molecular weight excluding hydrogens is 328 g/mol. The van der Waals surface area contributed by atoms with Crippen molar-refractivity contribution in [3.05, 3.63) is 65.6 Å². The van der Waals surface area contributed by atoms with E-state index >= 15 is 0 Å². The highest BCUT2D eigenvalue weighted by molar-refractivity contribution is 5.86. The fourth-order valence-corrected chi connectivity index (χ4v) is 3.60. The van der Waals surface area contributed by atoms with Gasteiger partial charge in [-0.25, -0.2) is 9.78 Å². The number of fused-ring (bicyclic) bond motifs is 1. The fourth-order valence-electron chi connectivity index (χ4n) is 3.60. The highest BCUT2D eigenvalue weighted by Gasteiger charge is 2.22. The van der Waals surface area contributed by atoms with Crippen LogP contribution in [0.1, 0.15) is 21.7 Å². The van der Waals surface area contributed by atoms with Crippen LogP contribution in [-0.2, 0) is 19.9 Å². The summed E-state index contributed by atoms with van der Waals surface area (Å²) in [6.07, 6.45) is 3.31. The third kappa shape index (κ3) is 2.94. The number of aromatic carboxylic acids is 1. The first-order valence-electron chi connectivity index (χ1n) is 8.68. The Morgan fingerprint density at radius 1 is 1.12 bits per heavy atom. The number of aryl methyl sites for hydroxylation is 1. The Balaban J connectivity index is 1.64. The molecule has 3 aromatic rings. The Labute approximate surface area is 151 Å². The zero-order valence-electron chi connectivity index (χ0n) is 14.6. The van der Waals surface area contributed by atoms with Gasteiger partial charge in [-0.2, -0.15) is 5.10 Å². The Morgan fingerprint density at radius 2 is 1.88 bits per heavy atom. The zero-order chi connectivity index (χ0) is 18.1. The molecule has 4 rings (SSSR count). The molecule has 1 aliphatic heterocycles. The molecule has 3 heterocycles. The van der Waals surface area contributed by atoms with E-state index in [1.807, 2.05) is 36.0 Å². The number of pyridine rings is 1. The molecule has 0 unspecified atom stereocenters. The number of hydrogen-bond acceptors (Lipinski definition) is 4. The minimum Gasteiger partial charge on any atom is -0.477 e. The number of aromatic nitrogens is 3. The molecule has 0 saturated heterocycles. The van der Waals surface area contributed by atoms with Crippen LogP contribution in [0.4, 0.5) is 5.69 Å². The second kappa shape index (κ2) is 6.63. The van der Waals surface area contributed by atoms with Crippen LogP contribution in [0.3, 0.4) is 0 Å². The zero-order valence-corrected chi connectivity index (χ0v) is 14.6. The Hall–Kier alpha value is -3.15. The van der Waals surface area contributed by atoms with Gasteiger partial charge in [-0.3, -0.25) is 4.68 Å². The molecule has 1 aliphatic rings. The van der Waals surface area contributed by atoms with Crippen molar-refractivity contribution in [1.82, 2.24) is 14.8 Å². The van der Waals surface area contributed by atoms with Crippen LogP contribution in [-0.4, -0.2) is 38.9 Å². The smallest absolute Gasteiger partial charge is 0.354 e. The van der Waals surface area contributed by atoms with E-state index < -0.39 is 5.97 Å². The third-order valence-electron chi connectivity index (χ3n) is 4.90. The standard InChI is InChI=1S/C20H20N4O2/c1-23-18-9-12-24(15-7-10-21-17(13-15)20(25)26)11-8-16(18)19(22-23)14-5-3-2-4-6-14/h2-7,10,13H,8-9,11-12H2,1H3,(H,25,26). The first-order chi connectivity index (χ1) is 12.6. The van der Waals surface area contributed by atoms with Crippen molar-refractivity contribution in [2.75, 3.05) is 18.0 Å². The van der Waals surface area contributed by atoms with Crippen molar-refractivity contribution >= 4 is 11.7 Å². The minimum atomic E-state index is -1.000. The van der Waals surface area contributed by atoms with Crippen LogP contribution in [0.2, 0.25) is 0 Å². The molecule has 6 nitrogen and oxygen atoms in total. The molecule has 0 saturated carbocycles. The topological polar surface area (TPSA) is 71.2 Å². The van der Waals surface area contributed by atoms with Gasteiger partial charge < -0.3 is 10.0 Å². The molecule has 0 spiro atoms. The lowest BCUT2D eigenvalue weighted by atomic mass is 10.0. The molecule has 132 valence electrons. The Morgan fingerprint density at radius 3 is 2.65 bits per heavy atom. The quantitative estimate of drug-likeness (QED) is 0.788. The van der Waals surface area contributed by atoms with Crippen LogP contribution in [0.15, 0.2) is 48.7 Å². The lowest BCUT2D eigenvalue weighted by Gasteiger charge is -2.22. The molecule has 0 bridgehead atoms. The number of carboxylic acids is 1. The van der Waals surface area contributed by atoms with Crippen LogP contribution >= 0.6 is 0 Å². The average Bonchev–Trinajstić information content (AvgIpc) is 2.84. The maximum Gasteiger partial charge on any atom is 0.354 e. The largest absolute Gasteiger partial charge is 0.477 e. The molecule has 1 N–H and O–H groups in total. The molecule has 0 aliphatic carbocycles. The third-order valence-corrected chi connectivity index (χ3v) is 4.90. The molecule has 1 aromatic carbocycles. The van der Waals surface area contributed by atoms with E-state index in [9.17, 15) is 9.90 Å².